The molecule has 0 amide bonds. The summed E-state index contributed by atoms with van der Waals surface area (Å²) < 4.78 is 27.2. The predicted octanol–water partition coefficient (Wildman–Crippen LogP) is 3.02. The van der Waals surface area contributed by atoms with Crippen molar-refractivity contribution in [1.29, 1.82) is 0 Å². The lowest BCUT2D eigenvalue weighted by Gasteiger charge is -2.26. The van der Waals surface area contributed by atoms with Gasteiger partial charge in [-0.25, -0.2) is 8.42 Å². The third-order valence-electron chi connectivity index (χ3n) is 4.16. The molecule has 0 saturated heterocycles. The van der Waals surface area contributed by atoms with E-state index in [9.17, 15) is 18.5 Å². The van der Waals surface area contributed by atoms with Crippen LogP contribution in [0.2, 0.25) is 0 Å². The summed E-state index contributed by atoms with van der Waals surface area (Å²) in [4.78, 5) is 11.6. The third kappa shape index (κ3) is 2.77. The summed E-state index contributed by atoms with van der Waals surface area (Å²) in [5, 5.41) is 13.2. The minimum Gasteiger partial charge on any atom is -0.258 e. The van der Waals surface area contributed by atoms with Crippen molar-refractivity contribution in [2.24, 2.45) is 0 Å². The molecule has 122 valence electrons. The topological polar surface area (TPSA) is 80.5 Å². The maximum Gasteiger partial charge on any atom is 0.289 e. The Morgan fingerprint density at radius 2 is 1.96 bits per heavy atom. The smallest absolute Gasteiger partial charge is 0.258 e. The Labute approximate surface area is 138 Å². The van der Waals surface area contributed by atoms with E-state index >= 15 is 0 Å². The number of rotatable bonds is 3. The number of nitrogens with zero attached hydrogens (tertiary/aromatic N) is 2. The maximum absolute atomic E-state index is 12.9. The van der Waals surface area contributed by atoms with Crippen LogP contribution in [0.4, 0.5) is 5.69 Å². The van der Waals surface area contributed by atoms with Gasteiger partial charge >= 0.3 is 0 Å². The molecule has 1 aliphatic heterocycles. The lowest BCUT2D eigenvalue weighted by atomic mass is 10.1. The second-order valence-corrected chi connectivity index (χ2v) is 8.53. The first-order valence-corrected chi connectivity index (χ1v) is 9.43. The Hall–Kier alpha value is -1.77. The summed E-state index contributed by atoms with van der Waals surface area (Å²) in [6.07, 6.45) is 0.644. The largest absolute Gasteiger partial charge is 0.289 e. The molecule has 0 bridgehead atoms. The highest BCUT2D eigenvalue weighted by Crippen LogP contribution is 2.33. The van der Waals surface area contributed by atoms with Crippen LogP contribution >= 0.6 is 11.3 Å². The van der Waals surface area contributed by atoms with Gasteiger partial charge in [0.05, 0.1) is 4.92 Å². The number of benzene rings is 1. The average Bonchev–Trinajstić information content (AvgIpc) is 2.96. The van der Waals surface area contributed by atoms with Crippen LogP contribution in [-0.2, 0) is 23.0 Å². The summed E-state index contributed by atoms with van der Waals surface area (Å²) in [7, 11) is -3.90. The SMILES string of the molecule is Cc1cc([N+](=O)[O-])c(S(=O)(=O)N2CCc3sccc3C2)cc1C. The number of sulfonamides is 1. The number of nitro benzene ring substituents is 1. The fourth-order valence-corrected chi connectivity index (χ4v) is 5.22. The van der Waals surface area contributed by atoms with E-state index in [1.54, 1.807) is 25.2 Å². The number of aryl methyl sites for hydroxylation is 2. The summed E-state index contributed by atoms with van der Waals surface area (Å²) in [6, 6.07) is 4.66. The molecule has 0 aliphatic carbocycles. The van der Waals surface area contributed by atoms with Crippen molar-refractivity contribution in [3.63, 3.8) is 0 Å². The van der Waals surface area contributed by atoms with Gasteiger partial charge in [0.2, 0.25) is 10.0 Å². The molecule has 1 aromatic heterocycles. The summed E-state index contributed by atoms with van der Waals surface area (Å²) in [5.41, 5.74) is 2.05. The Morgan fingerprint density at radius 1 is 1.26 bits per heavy atom. The first-order valence-electron chi connectivity index (χ1n) is 7.11. The number of thiophene rings is 1. The van der Waals surface area contributed by atoms with Gasteiger partial charge in [0.1, 0.15) is 0 Å². The van der Waals surface area contributed by atoms with E-state index in [2.05, 4.69) is 0 Å². The highest BCUT2D eigenvalue weighted by atomic mass is 32.2. The Kier molecular flexibility index (Phi) is 3.99. The van der Waals surface area contributed by atoms with Crippen molar-refractivity contribution in [3.05, 3.63) is 55.3 Å². The van der Waals surface area contributed by atoms with Crippen molar-refractivity contribution in [2.75, 3.05) is 6.54 Å². The molecule has 0 spiro atoms. The summed E-state index contributed by atoms with van der Waals surface area (Å²) in [5.74, 6) is 0. The molecule has 0 saturated carbocycles. The molecule has 6 nitrogen and oxygen atoms in total. The molecule has 23 heavy (non-hydrogen) atoms. The molecular weight excluding hydrogens is 336 g/mol. The van der Waals surface area contributed by atoms with E-state index in [4.69, 9.17) is 0 Å². The van der Waals surface area contributed by atoms with Crippen LogP contribution in [0.5, 0.6) is 0 Å². The molecule has 0 radical (unpaired) electrons. The number of nitro groups is 1. The van der Waals surface area contributed by atoms with Gasteiger partial charge in [0, 0.05) is 24.0 Å². The summed E-state index contributed by atoms with van der Waals surface area (Å²) in [6.45, 7) is 4.10. The van der Waals surface area contributed by atoms with Crippen LogP contribution < -0.4 is 0 Å². The average molecular weight is 352 g/mol. The first-order chi connectivity index (χ1) is 10.8. The summed E-state index contributed by atoms with van der Waals surface area (Å²) >= 11 is 1.62. The molecule has 8 heteroatoms. The molecule has 0 atom stereocenters. The molecule has 3 rings (SSSR count). The molecule has 0 unspecified atom stereocenters. The minimum absolute atomic E-state index is 0.218. The molecule has 2 heterocycles. The van der Waals surface area contributed by atoms with Gasteiger partial charge in [-0.1, -0.05) is 0 Å². The number of hydrogen-bond acceptors (Lipinski definition) is 5. The van der Waals surface area contributed by atoms with Gasteiger partial charge in [-0.2, -0.15) is 4.31 Å². The molecular formula is C15H16N2O4S2. The molecule has 0 fully saturated rings. The van der Waals surface area contributed by atoms with E-state index in [0.717, 1.165) is 11.1 Å². The highest BCUT2D eigenvalue weighted by molar-refractivity contribution is 7.89. The van der Waals surface area contributed by atoms with Crippen molar-refractivity contribution in [2.45, 2.75) is 31.7 Å². The van der Waals surface area contributed by atoms with Crippen LogP contribution in [0.25, 0.3) is 0 Å². The Bertz CT molecular complexity index is 887. The van der Waals surface area contributed by atoms with Crippen molar-refractivity contribution in [1.82, 2.24) is 4.31 Å². The van der Waals surface area contributed by atoms with Gasteiger partial charge in [-0.05, 0) is 54.5 Å². The van der Waals surface area contributed by atoms with Crippen molar-refractivity contribution in [3.8, 4) is 0 Å². The molecule has 1 aromatic carbocycles. The Balaban J connectivity index is 2.07. The zero-order chi connectivity index (χ0) is 16.8. The first kappa shape index (κ1) is 16.1. The second kappa shape index (κ2) is 5.70. The third-order valence-corrected chi connectivity index (χ3v) is 7.06. The standard InChI is InChI=1S/C15H16N2O4S2/c1-10-7-13(17(18)19)15(8-11(10)2)23(20,21)16-5-3-14-12(9-16)4-6-22-14/h4,6-8H,3,5,9H2,1-2H3. The van der Waals surface area contributed by atoms with E-state index < -0.39 is 14.9 Å². The van der Waals surface area contributed by atoms with Crippen LogP contribution in [-0.4, -0.2) is 24.2 Å². The normalized spacial score (nSPS) is 15.4. The second-order valence-electron chi connectivity index (χ2n) is 5.62. The quantitative estimate of drug-likeness (QED) is 0.628. The van der Waals surface area contributed by atoms with Crippen molar-refractivity contribution >= 4 is 27.0 Å². The monoisotopic (exact) mass is 352 g/mol. The fraction of sp³-hybridized carbons (Fsp3) is 0.333. The zero-order valence-corrected chi connectivity index (χ0v) is 14.4. The maximum atomic E-state index is 12.9. The van der Waals surface area contributed by atoms with Crippen LogP contribution in [0, 0.1) is 24.0 Å². The van der Waals surface area contributed by atoms with Gasteiger partial charge in [0.15, 0.2) is 4.90 Å². The van der Waals surface area contributed by atoms with Gasteiger partial charge in [-0.15, -0.1) is 11.3 Å². The van der Waals surface area contributed by atoms with Crippen LogP contribution in [0.1, 0.15) is 21.6 Å². The number of fused-ring (bicyclic) bond motifs is 1. The van der Waals surface area contributed by atoms with Crippen LogP contribution in [0.3, 0.4) is 0 Å². The van der Waals surface area contributed by atoms with Gasteiger partial charge in [-0.3, -0.25) is 10.1 Å². The molecule has 0 N–H and O–H groups in total. The van der Waals surface area contributed by atoms with Gasteiger partial charge in [0.25, 0.3) is 5.69 Å². The molecule has 2 aromatic rings. The lowest BCUT2D eigenvalue weighted by molar-refractivity contribution is -0.387. The lowest BCUT2D eigenvalue weighted by Crippen LogP contribution is -2.35. The fourth-order valence-electron chi connectivity index (χ4n) is 2.69. The Morgan fingerprint density at radius 3 is 2.65 bits per heavy atom. The number of hydrogen-bond donors (Lipinski definition) is 0. The highest BCUT2D eigenvalue weighted by Gasteiger charge is 2.34. The predicted molar refractivity (Wildman–Crippen MR) is 88.2 cm³/mol. The van der Waals surface area contributed by atoms with Gasteiger partial charge < -0.3 is 0 Å². The van der Waals surface area contributed by atoms with E-state index in [0.29, 0.717) is 18.5 Å². The van der Waals surface area contributed by atoms with Crippen molar-refractivity contribution < 1.29 is 13.3 Å². The molecule has 1 aliphatic rings. The zero-order valence-electron chi connectivity index (χ0n) is 12.8. The van der Waals surface area contributed by atoms with Crippen LogP contribution in [0.15, 0.2) is 28.5 Å². The van der Waals surface area contributed by atoms with E-state index in [1.807, 2.05) is 11.4 Å². The van der Waals surface area contributed by atoms with E-state index in [1.165, 1.54) is 21.3 Å². The minimum atomic E-state index is -3.90. The van der Waals surface area contributed by atoms with E-state index in [-0.39, 0.29) is 17.1 Å².